The summed E-state index contributed by atoms with van der Waals surface area (Å²) in [5.74, 6) is 0.0431. The van der Waals surface area contributed by atoms with E-state index in [1.54, 1.807) is 12.1 Å². The number of benzene rings is 1. The number of hydrogen-bond donors (Lipinski definition) is 1. The zero-order valence-electron chi connectivity index (χ0n) is 15.2. The Morgan fingerprint density at radius 3 is 2.63 bits per heavy atom. The number of nitrogens with zero attached hydrogens (tertiary/aromatic N) is 3. The second-order valence-electron chi connectivity index (χ2n) is 6.99. The molecule has 146 valence electrons. The van der Waals surface area contributed by atoms with E-state index in [4.69, 9.17) is 23.2 Å². The fraction of sp³-hybridized carbons (Fsp3) is 0.474. The van der Waals surface area contributed by atoms with E-state index < -0.39 is 0 Å². The Kier molecular flexibility index (Phi) is 6.36. The van der Waals surface area contributed by atoms with Gasteiger partial charge in [0.1, 0.15) is 0 Å². The van der Waals surface area contributed by atoms with E-state index in [0.29, 0.717) is 21.8 Å². The van der Waals surface area contributed by atoms with Gasteiger partial charge in [0.05, 0.1) is 10.7 Å². The van der Waals surface area contributed by atoms with Gasteiger partial charge in [-0.1, -0.05) is 23.2 Å². The van der Waals surface area contributed by atoms with Gasteiger partial charge in [0, 0.05) is 35.4 Å². The second-order valence-corrected chi connectivity index (χ2v) is 7.83. The van der Waals surface area contributed by atoms with E-state index in [2.05, 4.69) is 10.4 Å². The van der Waals surface area contributed by atoms with E-state index in [1.807, 2.05) is 22.7 Å². The third-order valence-corrected chi connectivity index (χ3v) is 6.00. The summed E-state index contributed by atoms with van der Waals surface area (Å²) in [6.07, 6.45) is 4.81. The molecule has 0 saturated carbocycles. The van der Waals surface area contributed by atoms with Gasteiger partial charge in [-0.25, -0.2) is 4.68 Å². The molecule has 1 aliphatic carbocycles. The minimum atomic E-state index is 0. The average Bonchev–Trinajstić information content (AvgIpc) is 3.24. The molecule has 1 aromatic carbocycles. The minimum absolute atomic E-state index is 0. The maximum absolute atomic E-state index is 13.1. The third kappa shape index (κ3) is 3.83. The number of nitrogens with one attached hydrogen (secondary N) is 1. The van der Waals surface area contributed by atoms with Crippen molar-refractivity contribution in [1.82, 2.24) is 20.0 Å². The van der Waals surface area contributed by atoms with Crippen molar-refractivity contribution in [3.63, 3.8) is 0 Å². The van der Waals surface area contributed by atoms with Crippen molar-refractivity contribution >= 4 is 41.5 Å². The molecule has 1 aliphatic heterocycles. The van der Waals surface area contributed by atoms with Crippen molar-refractivity contribution in [1.29, 1.82) is 0 Å². The van der Waals surface area contributed by atoms with E-state index in [1.165, 1.54) is 0 Å². The van der Waals surface area contributed by atoms with Crippen LogP contribution in [0.4, 0.5) is 0 Å². The summed E-state index contributed by atoms with van der Waals surface area (Å²) < 4.78 is 1.84. The highest BCUT2D eigenvalue weighted by atomic mass is 35.5. The number of halogens is 3. The number of likely N-dealkylation sites (tertiary alicyclic amines) is 1. The molecular formula is C19H23Cl3N4O. The lowest BCUT2D eigenvalue weighted by atomic mass is 10.0. The summed E-state index contributed by atoms with van der Waals surface area (Å²) >= 11 is 12.4. The fourth-order valence-corrected chi connectivity index (χ4v) is 4.47. The van der Waals surface area contributed by atoms with Crippen LogP contribution in [-0.4, -0.2) is 46.8 Å². The van der Waals surface area contributed by atoms with Crippen LogP contribution in [0.3, 0.4) is 0 Å². The summed E-state index contributed by atoms with van der Waals surface area (Å²) in [5, 5.41) is 9.12. The monoisotopic (exact) mass is 428 g/mol. The van der Waals surface area contributed by atoms with Gasteiger partial charge in [0.25, 0.3) is 5.91 Å². The normalized spacial score (nSPS) is 16.9. The molecule has 0 bridgehead atoms. The van der Waals surface area contributed by atoms with Crippen LogP contribution in [0.1, 0.15) is 41.0 Å². The molecule has 5 nitrogen and oxygen atoms in total. The number of aromatic nitrogens is 2. The Bertz CT molecular complexity index is 844. The number of piperidine rings is 1. The molecule has 2 aliphatic rings. The van der Waals surface area contributed by atoms with Crippen LogP contribution in [0.15, 0.2) is 18.2 Å². The van der Waals surface area contributed by atoms with Gasteiger partial charge in [-0.3, -0.25) is 4.79 Å². The Balaban J connectivity index is 0.00000210. The number of amides is 1. The Morgan fingerprint density at radius 2 is 1.96 bits per heavy atom. The number of carbonyl (C=O) groups is 1. The van der Waals surface area contributed by atoms with E-state index >= 15 is 0 Å². The van der Waals surface area contributed by atoms with Crippen molar-refractivity contribution in [2.75, 3.05) is 20.1 Å². The first-order valence-corrected chi connectivity index (χ1v) is 9.87. The van der Waals surface area contributed by atoms with Gasteiger partial charge in [0.2, 0.25) is 0 Å². The summed E-state index contributed by atoms with van der Waals surface area (Å²) in [5.41, 5.74) is 3.55. The molecule has 8 heteroatoms. The van der Waals surface area contributed by atoms with Crippen molar-refractivity contribution in [2.24, 2.45) is 0 Å². The Hall–Kier alpha value is -1.27. The van der Waals surface area contributed by atoms with Gasteiger partial charge >= 0.3 is 0 Å². The number of hydrogen-bond acceptors (Lipinski definition) is 3. The van der Waals surface area contributed by atoms with Crippen molar-refractivity contribution in [3.8, 4) is 5.69 Å². The third-order valence-electron chi connectivity index (χ3n) is 5.46. The van der Waals surface area contributed by atoms with Gasteiger partial charge in [-0.2, -0.15) is 5.10 Å². The van der Waals surface area contributed by atoms with Crippen LogP contribution < -0.4 is 5.32 Å². The molecule has 0 spiro atoms. The highest BCUT2D eigenvalue weighted by Crippen LogP contribution is 2.32. The Morgan fingerprint density at radius 1 is 1.22 bits per heavy atom. The molecule has 27 heavy (non-hydrogen) atoms. The largest absolute Gasteiger partial charge is 0.337 e. The van der Waals surface area contributed by atoms with Crippen molar-refractivity contribution in [2.45, 2.75) is 38.1 Å². The van der Waals surface area contributed by atoms with Gasteiger partial charge in [0.15, 0.2) is 5.69 Å². The summed E-state index contributed by atoms with van der Waals surface area (Å²) in [6, 6.07) is 5.87. The predicted molar refractivity (Wildman–Crippen MR) is 111 cm³/mol. The highest BCUT2D eigenvalue weighted by Gasteiger charge is 2.31. The molecular weight excluding hydrogens is 407 g/mol. The van der Waals surface area contributed by atoms with Crippen LogP contribution in [0.2, 0.25) is 10.0 Å². The fourth-order valence-electron chi connectivity index (χ4n) is 3.98. The molecule has 4 rings (SSSR count). The number of rotatable bonds is 3. The van der Waals surface area contributed by atoms with Gasteiger partial charge in [-0.15, -0.1) is 12.4 Å². The number of fused-ring (bicyclic) bond motifs is 1. The standard InChI is InChI=1S/C19H22Cl2N4O.ClH/c1-22-13-7-9-24(10-8-13)19(26)18-14-3-2-4-16(14)25(23-18)17-6-5-12(20)11-15(17)21;/h5-6,11,13,22H,2-4,7-10H2,1H3;1H. The van der Waals surface area contributed by atoms with Crippen molar-refractivity contribution < 1.29 is 4.79 Å². The SMILES string of the molecule is CNC1CCN(C(=O)c2nn(-c3ccc(Cl)cc3Cl)c3c2CCC3)CC1.Cl. The van der Waals surface area contributed by atoms with Gasteiger partial charge in [-0.05, 0) is 57.4 Å². The highest BCUT2D eigenvalue weighted by molar-refractivity contribution is 6.35. The minimum Gasteiger partial charge on any atom is -0.337 e. The smallest absolute Gasteiger partial charge is 0.274 e. The molecule has 1 saturated heterocycles. The molecule has 2 aromatic rings. The molecule has 1 N–H and O–H groups in total. The van der Waals surface area contributed by atoms with Crippen molar-refractivity contribution in [3.05, 3.63) is 45.2 Å². The molecule has 1 amide bonds. The molecule has 0 atom stereocenters. The maximum Gasteiger partial charge on any atom is 0.274 e. The van der Waals surface area contributed by atoms with E-state index in [9.17, 15) is 4.79 Å². The summed E-state index contributed by atoms with van der Waals surface area (Å²) in [6.45, 7) is 1.54. The predicted octanol–water partition coefficient (Wildman–Crippen LogP) is 3.91. The average molecular weight is 430 g/mol. The van der Waals surface area contributed by atoms with Crippen LogP contribution in [0.25, 0.3) is 5.69 Å². The lowest BCUT2D eigenvalue weighted by molar-refractivity contribution is 0.0700. The topological polar surface area (TPSA) is 50.2 Å². The zero-order valence-corrected chi connectivity index (χ0v) is 17.5. The summed E-state index contributed by atoms with van der Waals surface area (Å²) in [7, 11) is 1.98. The first-order valence-electron chi connectivity index (χ1n) is 9.11. The van der Waals surface area contributed by atoms with Crippen LogP contribution >= 0.6 is 35.6 Å². The van der Waals surface area contributed by atoms with Gasteiger partial charge < -0.3 is 10.2 Å². The second kappa shape index (κ2) is 8.39. The van der Waals surface area contributed by atoms with Crippen LogP contribution in [-0.2, 0) is 12.8 Å². The van der Waals surface area contributed by atoms with Crippen LogP contribution in [0.5, 0.6) is 0 Å². The Labute approximate surface area is 175 Å². The first kappa shape index (κ1) is 20.5. The van der Waals surface area contributed by atoms with Crippen LogP contribution in [0, 0.1) is 0 Å². The lowest BCUT2D eigenvalue weighted by Gasteiger charge is -2.31. The molecule has 2 heterocycles. The molecule has 1 fully saturated rings. The number of carbonyl (C=O) groups excluding carboxylic acids is 1. The molecule has 0 radical (unpaired) electrons. The summed E-state index contributed by atoms with van der Waals surface area (Å²) in [4.78, 5) is 15.0. The first-order chi connectivity index (χ1) is 12.6. The lowest BCUT2D eigenvalue weighted by Crippen LogP contribution is -2.44. The van der Waals surface area contributed by atoms with E-state index in [0.717, 1.165) is 62.1 Å². The quantitative estimate of drug-likeness (QED) is 0.804. The van der Waals surface area contributed by atoms with E-state index in [-0.39, 0.29) is 18.3 Å². The zero-order chi connectivity index (χ0) is 18.3. The maximum atomic E-state index is 13.1. The molecule has 0 unspecified atom stereocenters. The molecule has 1 aromatic heterocycles.